The van der Waals surface area contributed by atoms with Gasteiger partial charge in [0.05, 0.1) is 14.2 Å². The molecule has 3 heterocycles. The maximum Gasteiger partial charge on any atom is 0.231 e. The van der Waals surface area contributed by atoms with E-state index < -0.39 is 0 Å². The number of ether oxygens (including phenoxy) is 3. The highest BCUT2D eigenvalue weighted by atomic mass is 16.7. The number of phenols is 1. The Hall–Kier alpha value is -2.66. The van der Waals surface area contributed by atoms with Crippen LogP contribution in [-0.2, 0) is 6.42 Å². The molecule has 0 aromatic heterocycles. The first-order valence-electron chi connectivity index (χ1n) is 7.99. The van der Waals surface area contributed by atoms with Crippen LogP contribution >= 0.6 is 0 Å². The summed E-state index contributed by atoms with van der Waals surface area (Å²) in [5.41, 5.74) is 4.72. The molecule has 0 amide bonds. The molecule has 5 nitrogen and oxygen atoms in total. The average molecular weight is 324 g/mol. The Morgan fingerprint density at radius 2 is 1.96 bits per heavy atom. The number of aromatic hydroxyl groups is 1. The minimum atomic E-state index is 0.184. The summed E-state index contributed by atoms with van der Waals surface area (Å²) in [4.78, 5) is 0. The van der Waals surface area contributed by atoms with Crippen molar-refractivity contribution in [3.05, 3.63) is 47.2 Å². The third kappa shape index (κ3) is 1.62. The predicted octanol–water partition coefficient (Wildman–Crippen LogP) is 3.35. The number of nitrogens with zero attached hydrogens (tertiary/aromatic N) is 1. The minimum Gasteiger partial charge on any atom is -0.504 e. The van der Waals surface area contributed by atoms with Crippen LogP contribution < -0.4 is 18.7 Å². The van der Waals surface area contributed by atoms with Gasteiger partial charge in [0.1, 0.15) is 17.9 Å². The molecule has 122 valence electrons. The Bertz CT molecular complexity index is 905. The van der Waals surface area contributed by atoms with Crippen molar-refractivity contribution >= 4 is 11.8 Å². The van der Waals surface area contributed by atoms with Crippen molar-refractivity contribution in [1.82, 2.24) is 4.48 Å². The fraction of sp³-hybridized carbons (Fsp3) is 0.263. The third-order valence-electron chi connectivity index (χ3n) is 5.46. The van der Waals surface area contributed by atoms with Crippen LogP contribution in [-0.4, -0.2) is 26.1 Å². The maximum absolute atomic E-state index is 10.2. The van der Waals surface area contributed by atoms with Crippen molar-refractivity contribution < 1.29 is 19.3 Å². The molecule has 2 aromatic rings. The van der Waals surface area contributed by atoms with Gasteiger partial charge in [-0.25, -0.2) is 0 Å². The molecule has 0 saturated carbocycles. The fourth-order valence-electron chi connectivity index (χ4n) is 4.17. The zero-order valence-corrected chi connectivity index (χ0v) is 13.6. The van der Waals surface area contributed by atoms with Gasteiger partial charge in [-0.15, -0.1) is 0 Å². The van der Waals surface area contributed by atoms with Gasteiger partial charge in [-0.05, 0) is 29.8 Å². The Kier molecular flexibility index (Phi) is 2.55. The topological polar surface area (TPSA) is 47.9 Å². The molecule has 5 rings (SSSR count). The summed E-state index contributed by atoms with van der Waals surface area (Å²) in [6.45, 7) is 0.289. The Morgan fingerprint density at radius 1 is 1.17 bits per heavy atom. The second-order valence-corrected chi connectivity index (χ2v) is 6.67. The van der Waals surface area contributed by atoms with Crippen LogP contribution in [0, 0.1) is 0 Å². The summed E-state index contributed by atoms with van der Waals surface area (Å²) in [7, 11) is 3.76. The number of benzene rings is 2. The molecule has 0 saturated heterocycles. The summed E-state index contributed by atoms with van der Waals surface area (Å²) in [6.07, 6.45) is 5.20. The van der Waals surface area contributed by atoms with Gasteiger partial charge in [0, 0.05) is 23.6 Å². The van der Waals surface area contributed by atoms with E-state index in [9.17, 15) is 5.11 Å². The van der Waals surface area contributed by atoms with E-state index in [2.05, 4.69) is 31.5 Å². The zero-order valence-electron chi connectivity index (χ0n) is 13.6. The fourth-order valence-corrected chi connectivity index (χ4v) is 4.17. The van der Waals surface area contributed by atoms with Gasteiger partial charge in [-0.3, -0.25) is 4.48 Å². The number of fused-ring (bicyclic) bond motifs is 6. The smallest absolute Gasteiger partial charge is 0.231 e. The monoisotopic (exact) mass is 324 g/mol. The molecule has 0 spiro atoms. The second-order valence-electron chi connectivity index (χ2n) is 6.67. The van der Waals surface area contributed by atoms with E-state index in [0.717, 1.165) is 29.0 Å². The molecule has 2 aromatic carbocycles. The quantitative estimate of drug-likeness (QED) is 0.817. The molecule has 3 aliphatic heterocycles. The molecule has 0 radical (unpaired) electrons. The van der Waals surface area contributed by atoms with E-state index in [-0.39, 0.29) is 18.6 Å². The molecule has 0 unspecified atom stereocenters. The van der Waals surface area contributed by atoms with Gasteiger partial charge < -0.3 is 19.3 Å². The first-order valence-corrected chi connectivity index (χ1v) is 7.99. The van der Waals surface area contributed by atoms with E-state index in [0.29, 0.717) is 10.2 Å². The van der Waals surface area contributed by atoms with Crippen molar-refractivity contribution in [2.75, 3.05) is 21.0 Å². The van der Waals surface area contributed by atoms with E-state index in [1.165, 1.54) is 11.3 Å². The molecule has 5 heteroatoms. The Labute approximate surface area is 139 Å². The van der Waals surface area contributed by atoms with Crippen LogP contribution in [0.2, 0.25) is 0 Å². The standard InChI is InChI=1S/C19H17NO4/c1-20-4-3-11-6-17(22-2)16(21)8-13(11)15(20)5-12-7-18-19(9-14(12)20)24-10-23-18/h3-4,6-9,15H,5,10H2,1-2H3/p+1/t15-,20-/m0/s1. The van der Waals surface area contributed by atoms with Crippen molar-refractivity contribution in [3.63, 3.8) is 0 Å². The molecule has 2 atom stereocenters. The molecule has 0 fully saturated rings. The van der Waals surface area contributed by atoms with Gasteiger partial charge in [0.15, 0.2) is 23.0 Å². The molecule has 24 heavy (non-hydrogen) atoms. The summed E-state index contributed by atoms with van der Waals surface area (Å²) in [5, 5.41) is 10.2. The summed E-state index contributed by atoms with van der Waals surface area (Å²) in [5.74, 6) is 2.32. The highest BCUT2D eigenvalue weighted by Crippen LogP contribution is 2.53. The van der Waals surface area contributed by atoms with Gasteiger partial charge in [0.25, 0.3) is 0 Å². The lowest BCUT2D eigenvalue weighted by Gasteiger charge is -2.36. The van der Waals surface area contributed by atoms with Crippen LogP contribution in [0.3, 0.4) is 0 Å². The van der Waals surface area contributed by atoms with Gasteiger partial charge in [-0.2, -0.15) is 0 Å². The van der Waals surface area contributed by atoms with E-state index in [1.807, 2.05) is 12.1 Å². The number of quaternary nitrogens is 1. The molecule has 3 aliphatic rings. The molecule has 0 bridgehead atoms. The van der Waals surface area contributed by atoms with Crippen molar-refractivity contribution in [2.24, 2.45) is 0 Å². The van der Waals surface area contributed by atoms with E-state index in [4.69, 9.17) is 14.2 Å². The van der Waals surface area contributed by atoms with Crippen LogP contribution in [0.1, 0.15) is 22.7 Å². The van der Waals surface area contributed by atoms with Crippen LogP contribution in [0.5, 0.6) is 23.0 Å². The van der Waals surface area contributed by atoms with Crippen molar-refractivity contribution in [3.8, 4) is 23.0 Å². The lowest BCUT2D eigenvalue weighted by atomic mass is 9.93. The lowest BCUT2D eigenvalue weighted by Crippen LogP contribution is -2.41. The lowest BCUT2D eigenvalue weighted by molar-refractivity contribution is 0.173. The average Bonchev–Trinajstić information content (AvgIpc) is 3.14. The summed E-state index contributed by atoms with van der Waals surface area (Å²) >= 11 is 0. The molecule has 1 N–H and O–H groups in total. The SMILES string of the molecule is COc1cc2c(cc1O)[C@@H]1Cc3cc4c(cc3[N@+]1(C)C=C2)OCO4. The largest absolute Gasteiger partial charge is 0.504 e. The van der Waals surface area contributed by atoms with Gasteiger partial charge in [-0.1, -0.05) is 0 Å². The summed E-state index contributed by atoms with van der Waals surface area (Å²) < 4.78 is 17.0. The number of likely N-dealkylation sites (N-methyl/N-ethyl adjacent to an activating group) is 1. The highest BCUT2D eigenvalue weighted by Gasteiger charge is 2.47. The first kappa shape index (κ1) is 13.7. The number of phenolic OH excluding ortho intramolecular Hbond substituents is 1. The van der Waals surface area contributed by atoms with Crippen LogP contribution in [0.25, 0.3) is 6.08 Å². The highest BCUT2D eigenvalue weighted by molar-refractivity contribution is 5.72. The molecular formula is C19H18NO4+. The van der Waals surface area contributed by atoms with E-state index in [1.54, 1.807) is 7.11 Å². The second kappa shape index (κ2) is 4.45. The van der Waals surface area contributed by atoms with Crippen molar-refractivity contribution in [2.45, 2.75) is 12.5 Å². The first-order chi connectivity index (χ1) is 11.6. The number of methoxy groups -OCH3 is 1. The van der Waals surface area contributed by atoms with E-state index >= 15 is 0 Å². The van der Waals surface area contributed by atoms with Gasteiger partial charge in [0.2, 0.25) is 6.79 Å². The Balaban J connectivity index is 1.68. The molecule has 0 aliphatic carbocycles. The predicted molar refractivity (Wildman–Crippen MR) is 90.4 cm³/mol. The van der Waals surface area contributed by atoms with Gasteiger partial charge >= 0.3 is 0 Å². The van der Waals surface area contributed by atoms with Crippen LogP contribution in [0.15, 0.2) is 30.5 Å². The third-order valence-corrected chi connectivity index (χ3v) is 5.46. The number of rotatable bonds is 1. The Morgan fingerprint density at radius 3 is 2.75 bits per heavy atom. The molecular weight excluding hydrogens is 306 g/mol. The number of hydrogen-bond acceptors (Lipinski definition) is 4. The number of hydrogen-bond donors (Lipinski definition) is 1. The normalized spacial score (nSPS) is 25.2. The van der Waals surface area contributed by atoms with Crippen LogP contribution in [0.4, 0.5) is 5.69 Å². The minimum absolute atomic E-state index is 0.184. The zero-order chi connectivity index (χ0) is 16.5. The summed E-state index contributed by atoms with van der Waals surface area (Å²) in [6, 6.07) is 8.15. The maximum atomic E-state index is 10.2. The van der Waals surface area contributed by atoms with Crippen molar-refractivity contribution in [1.29, 1.82) is 0 Å².